The van der Waals surface area contributed by atoms with Crippen molar-refractivity contribution in [3.05, 3.63) is 54.1 Å². The van der Waals surface area contributed by atoms with Gasteiger partial charge in [-0.2, -0.15) is 0 Å². The van der Waals surface area contributed by atoms with Crippen LogP contribution >= 0.6 is 0 Å². The second-order valence-corrected chi connectivity index (χ2v) is 5.92. The lowest BCUT2D eigenvalue weighted by Crippen LogP contribution is -2.43. The molecule has 1 aromatic heterocycles. The fourth-order valence-corrected chi connectivity index (χ4v) is 2.84. The van der Waals surface area contributed by atoms with Crippen LogP contribution in [0.1, 0.15) is 16.8 Å². The van der Waals surface area contributed by atoms with Gasteiger partial charge in [-0.05, 0) is 24.3 Å². The van der Waals surface area contributed by atoms with Gasteiger partial charge in [-0.3, -0.25) is 19.7 Å². The summed E-state index contributed by atoms with van der Waals surface area (Å²) in [7, 11) is 0. The van der Waals surface area contributed by atoms with E-state index in [9.17, 15) is 14.4 Å². The summed E-state index contributed by atoms with van der Waals surface area (Å²) in [6, 6.07) is 13.1. The van der Waals surface area contributed by atoms with Crippen LogP contribution in [0.2, 0.25) is 0 Å². The Morgan fingerprint density at radius 2 is 1.85 bits per heavy atom. The van der Waals surface area contributed by atoms with Crippen molar-refractivity contribution in [3.63, 3.8) is 0 Å². The van der Waals surface area contributed by atoms with Gasteiger partial charge >= 0.3 is 0 Å². The van der Waals surface area contributed by atoms with Gasteiger partial charge in [-0.15, -0.1) is 0 Å². The highest BCUT2D eigenvalue weighted by Crippen LogP contribution is 2.19. The number of aromatic nitrogens is 2. The third kappa shape index (κ3) is 3.00. The standard InChI is InChI=1S/C18H15N5O3/c24-15(23-18-21-12-7-3-4-8-13(12)22-18)9-14-17(26)19-11-6-2-1-5-10(11)16(25)20-14/h1-8,14H,9H2,(H,19,26)(H,20,25)(H2,21,22,23,24)/t14-/m1/s1. The van der Waals surface area contributed by atoms with Gasteiger partial charge in [0.15, 0.2) is 0 Å². The monoisotopic (exact) mass is 349 g/mol. The third-order valence-electron chi connectivity index (χ3n) is 4.09. The summed E-state index contributed by atoms with van der Waals surface area (Å²) in [5.41, 5.74) is 2.30. The molecule has 0 bridgehead atoms. The van der Waals surface area contributed by atoms with E-state index in [0.29, 0.717) is 17.2 Å². The molecule has 0 fully saturated rings. The number of hydrogen-bond acceptors (Lipinski definition) is 4. The quantitative estimate of drug-likeness (QED) is 0.575. The maximum absolute atomic E-state index is 12.3. The van der Waals surface area contributed by atoms with Gasteiger partial charge in [0, 0.05) is 0 Å². The first-order valence-electron chi connectivity index (χ1n) is 8.05. The summed E-state index contributed by atoms with van der Waals surface area (Å²) in [5.74, 6) is -0.987. The topological polar surface area (TPSA) is 116 Å². The van der Waals surface area contributed by atoms with Crippen LogP contribution in [0.25, 0.3) is 11.0 Å². The Labute approximate surface area is 148 Å². The first kappa shape index (κ1) is 15.8. The van der Waals surface area contributed by atoms with E-state index in [4.69, 9.17) is 0 Å². The van der Waals surface area contributed by atoms with Crippen LogP contribution < -0.4 is 16.0 Å². The lowest BCUT2D eigenvalue weighted by molar-refractivity contribution is -0.122. The van der Waals surface area contributed by atoms with Gasteiger partial charge in [0.25, 0.3) is 5.91 Å². The molecule has 3 amide bonds. The van der Waals surface area contributed by atoms with Gasteiger partial charge in [0.2, 0.25) is 17.8 Å². The normalized spacial score (nSPS) is 16.4. The molecule has 3 aromatic rings. The minimum absolute atomic E-state index is 0.206. The van der Waals surface area contributed by atoms with E-state index in [2.05, 4.69) is 25.9 Å². The maximum atomic E-state index is 12.3. The summed E-state index contributed by atoms with van der Waals surface area (Å²) >= 11 is 0. The molecule has 2 heterocycles. The summed E-state index contributed by atoms with van der Waals surface area (Å²) in [4.78, 5) is 44.1. The second-order valence-electron chi connectivity index (χ2n) is 5.92. The SMILES string of the molecule is O=C(C[C@H]1NC(=O)c2ccccc2NC1=O)Nc1nc2ccccc2[nH]1. The molecule has 1 aliphatic heterocycles. The zero-order valence-electron chi connectivity index (χ0n) is 13.6. The summed E-state index contributed by atoms with van der Waals surface area (Å²) < 4.78 is 0. The Morgan fingerprint density at radius 1 is 1.08 bits per heavy atom. The van der Waals surface area contributed by atoms with E-state index < -0.39 is 23.8 Å². The van der Waals surface area contributed by atoms with E-state index in [0.717, 1.165) is 11.0 Å². The summed E-state index contributed by atoms with van der Waals surface area (Å²) in [6.07, 6.45) is -0.206. The molecule has 0 saturated carbocycles. The van der Waals surface area contributed by atoms with Crippen LogP contribution in [0.15, 0.2) is 48.5 Å². The van der Waals surface area contributed by atoms with Crippen molar-refractivity contribution in [1.29, 1.82) is 0 Å². The number of para-hydroxylation sites is 3. The van der Waals surface area contributed by atoms with Gasteiger partial charge < -0.3 is 15.6 Å². The van der Waals surface area contributed by atoms with Gasteiger partial charge in [0.05, 0.1) is 28.7 Å². The minimum Gasteiger partial charge on any atom is -0.340 e. The number of nitrogens with one attached hydrogen (secondary N) is 4. The highest BCUT2D eigenvalue weighted by molar-refractivity contribution is 6.11. The third-order valence-corrected chi connectivity index (χ3v) is 4.09. The summed E-state index contributed by atoms with van der Waals surface area (Å²) in [6.45, 7) is 0. The Morgan fingerprint density at radius 3 is 2.69 bits per heavy atom. The largest absolute Gasteiger partial charge is 0.340 e. The Kier molecular flexibility index (Phi) is 3.85. The van der Waals surface area contributed by atoms with Crippen molar-refractivity contribution in [2.75, 3.05) is 10.6 Å². The Balaban J connectivity index is 1.47. The molecule has 26 heavy (non-hydrogen) atoms. The zero-order chi connectivity index (χ0) is 18.1. The predicted molar refractivity (Wildman–Crippen MR) is 95.7 cm³/mol. The second kappa shape index (κ2) is 6.32. The van der Waals surface area contributed by atoms with Gasteiger partial charge in [-0.25, -0.2) is 4.98 Å². The molecular weight excluding hydrogens is 334 g/mol. The van der Waals surface area contributed by atoms with Gasteiger partial charge in [0.1, 0.15) is 6.04 Å². The van der Waals surface area contributed by atoms with Crippen LogP contribution in [0.5, 0.6) is 0 Å². The molecule has 8 heteroatoms. The molecule has 8 nitrogen and oxygen atoms in total. The number of imidazole rings is 1. The van der Waals surface area contributed by atoms with Crippen LogP contribution in [-0.2, 0) is 9.59 Å². The molecule has 1 aliphatic rings. The molecule has 0 spiro atoms. The first-order chi connectivity index (χ1) is 12.6. The molecule has 0 unspecified atom stereocenters. The van der Waals surface area contributed by atoms with Gasteiger partial charge in [-0.1, -0.05) is 24.3 Å². The molecule has 1 atom stereocenters. The van der Waals surface area contributed by atoms with Crippen LogP contribution in [0.4, 0.5) is 11.6 Å². The molecule has 4 N–H and O–H groups in total. The summed E-state index contributed by atoms with van der Waals surface area (Å²) in [5, 5.41) is 7.87. The Hall–Kier alpha value is -3.68. The van der Waals surface area contributed by atoms with Crippen molar-refractivity contribution >= 4 is 40.4 Å². The molecule has 0 saturated heterocycles. The molecule has 4 rings (SSSR count). The fourth-order valence-electron chi connectivity index (χ4n) is 2.84. The number of benzene rings is 2. The number of rotatable bonds is 3. The van der Waals surface area contributed by atoms with E-state index in [1.165, 1.54) is 0 Å². The number of nitrogens with zero attached hydrogens (tertiary/aromatic N) is 1. The zero-order valence-corrected chi connectivity index (χ0v) is 13.6. The molecule has 0 aliphatic carbocycles. The first-order valence-corrected chi connectivity index (χ1v) is 8.05. The molecule has 0 radical (unpaired) electrons. The minimum atomic E-state index is -0.973. The van der Waals surface area contributed by atoms with E-state index >= 15 is 0 Å². The molecular formula is C18H15N5O3. The van der Waals surface area contributed by atoms with Crippen molar-refractivity contribution < 1.29 is 14.4 Å². The number of fused-ring (bicyclic) bond motifs is 2. The number of hydrogen-bond donors (Lipinski definition) is 4. The average molecular weight is 349 g/mol. The molecule has 2 aromatic carbocycles. The van der Waals surface area contributed by atoms with E-state index in [1.54, 1.807) is 24.3 Å². The number of carbonyl (C=O) groups excluding carboxylic acids is 3. The van der Waals surface area contributed by atoms with Crippen LogP contribution in [-0.4, -0.2) is 33.7 Å². The fraction of sp³-hybridized carbons (Fsp3) is 0.111. The number of amides is 3. The van der Waals surface area contributed by atoms with Crippen molar-refractivity contribution in [2.45, 2.75) is 12.5 Å². The van der Waals surface area contributed by atoms with Crippen molar-refractivity contribution in [1.82, 2.24) is 15.3 Å². The Bertz CT molecular complexity index is 993. The maximum Gasteiger partial charge on any atom is 0.254 e. The number of H-pyrrole nitrogens is 1. The lowest BCUT2D eigenvalue weighted by Gasteiger charge is -2.13. The average Bonchev–Trinajstić information content (AvgIpc) is 2.98. The van der Waals surface area contributed by atoms with Crippen LogP contribution in [0, 0.1) is 0 Å². The highest BCUT2D eigenvalue weighted by atomic mass is 16.2. The number of aromatic amines is 1. The van der Waals surface area contributed by atoms with E-state index in [1.807, 2.05) is 24.3 Å². The molecule has 130 valence electrons. The lowest BCUT2D eigenvalue weighted by atomic mass is 10.1. The predicted octanol–water partition coefficient (Wildman–Crippen LogP) is 1.64. The number of anilines is 2. The van der Waals surface area contributed by atoms with E-state index in [-0.39, 0.29) is 6.42 Å². The van der Waals surface area contributed by atoms with Crippen molar-refractivity contribution in [2.24, 2.45) is 0 Å². The van der Waals surface area contributed by atoms with Crippen LogP contribution in [0.3, 0.4) is 0 Å². The van der Waals surface area contributed by atoms with Crippen molar-refractivity contribution in [3.8, 4) is 0 Å². The number of carbonyl (C=O) groups is 3. The smallest absolute Gasteiger partial charge is 0.254 e. The highest BCUT2D eigenvalue weighted by Gasteiger charge is 2.29.